The van der Waals surface area contributed by atoms with E-state index in [0.29, 0.717) is 0 Å². The molecule has 1 aromatic rings. The number of carbonyl (C=O) groups is 2. The Hall–Kier alpha value is -2.82. The Morgan fingerprint density at radius 2 is 2.11 bits per heavy atom. The van der Waals surface area contributed by atoms with Crippen molar-refractivity contribution in [2.45, 2.75) is 13.1 Å². The molecule has 0 spiro atoms. The van der Waals surface area contributed by atoms with Gasteiger partial charge in [0.1, 0.15) is 5.75 Å². The average Bonchev–Trinajstić information content (AvgIpc) is 2.94. The molecule has 2 rings (SSSR count). The van der Waals surface area contributed by atoms with Crippen molar-refractivity contribution in [2.75, 3.05) is 13.7 Å². The Labute approximate surface area is 156 Å². The maximum atomic E-state index is 12.9. The van der Waals surface area contributed by atoms with E-state index < -0.39 is 23.6 Å². The molecule has 1 amide bonds. The number of nitrogens with zero attached hydrogens (tertiary/aromatic N) is 2. The fourth-order valence-electron chi connectivity index (χ4n) is 1.90. The number of methoxy groups -OCH3 is 1. The fourth-order valence-corrected chi connectivity index (χ4v) is 2.64. The van der Waals surface area contributed by atoms with Gasteiger partial charge >= 0.3 is 12.1 Å². The lowest BCUT2D eigenvalue weighted by Crippen LogP contribution is -2.19. The number of alkyl halides is 3. The van der Waals surface area contributed by atoms with Crippen LogP contribution in [0.1, 0.15) is 18.1 Å². The molecule has 144 valence electrons. The van der Waals surface area contributed by atoms with Crippen LogP contribution < -0.4 is 10.1 Å². The van der Waals surface area contributed by atoms with Crippen LogP contribution in [-0.4, -0.2) is 37.0 Å². The van der Waals surface area contributed by atoms with Gasteiger partial charge in [-0.2, -0.15) is 18.3 Å². The minimum atomic E-state index is -4.51. The third-order valence-electron chi connectivity index (χ3n) is 3.08. The molecule has 27 heavy (non-hydrogen) atoms. The minimum absolute atomic E-state index is 0.0601. The lowest BCUT2D eigenvalue weighted by Gasteiger charge is -2.11. The zero-order valence-corrected chi connectivity index (χ0v) is 15.0. The Bertz CT molecular complexity index is 835. The summed E-state index contributed by atoms with van der Waals surface area (Å²) in [6.07, 6.45) is -2.43. The van der Waals surface area contributed by atoms with Crippen molar-refractivity contribution in [3.63, 3.8) is 0 Å². The van der Waals surface area contributed by atoms with Gasteiger partial charge in [0, 0.05) is 11.6 Å². The lowest BCUT2D eigenvalue weighted by atomic mass is 10.1. The molecule has 1 aromatic carbocycles. The van der Waals surface area contributed by atoms with Crippen LogP contribution in [0, 0.1) is 0 Å². The third kappa shape index (κ3) is 5.58. The van der Waals surface area contributed by atoms with Gasteiger partial charge in [-0.1, -0.05) is 0 Å². The highest BCUT2D eigenvalue weighted by atomic mass is 32.2. The number of halogens is 3. The second-order valence-electron chi connectivity index (χ2n) is 4.92. The van der Waals surface area contributed by atoms with Gasteiger partial charge < -0.3 is 9.47 Å². The molecule has 1 heterocycles. The molecule has 0 bridgehead atoms. The first-order valence-electron chi connectivity index (χ1n) is 7.48. The Kier molecular flexibility index (Phi) is 6.61. The van der Waals surface area contributed by atoms with E-state index in [-0.39, 0.29) is 28.0 Å². The van der Waals surface area contributed by atoms with Gasteiger partial charge in [-0.25, -0.2) is 4.79 Å². The molecular weight excluding hydrogens is 387 g/mol. The lowest BCUT2D eigenvalue weighted by molar-refractivity contribution is -0.137. The first-order chi connectivity index (χ1) is 12.7. The van der Waals surface area contributed by atoms with Crippen LogP contribution in [0.2, 0.25) is 0 Å². The molecule has 7 nitrogen and oxygen atoms in total. The highest BCUT2D eigenvalue weighted by Crippen LogP contribution is 2.32. The zero-order valence-electron chi connectivity index (χ0n) is 14.2. The number of thioether (sulfide) groups is 1. The van der Waals surface area contributed by atoms with Crippen molar-refractivity contribution in [1.82, 2.24) is 5.32 Å². The molecule has 1 aliphatic heterocycles. The molecule has 0 aromatic heterocycles. The Morgan fingerprint density at radius 1 is 1.37 bits per heavy atom. The van der Waals surface area contributed by atoms with Crippen LogP contribution in [0.5, 0.6) is 5.75 Å². The maximum Gasteiger partial charge on any atom is 0.416 e. The monoisotopic (exact) mass is 401 g/mol. The number of benzene rings is 1. The van der Waals surface area contributed by atoms with Gasteiger partial charge in [-0.05, 0) is 36.9 Å². The van der Waals surface area contributed by atoms with Crippen molar-refractivity contribution >= 4 is 35.0 Å². The maximum absolute atomic E-state index is 12.9. The summed E-state index contributed by atoms with van der Waals surface area (Å²) in [5.41, 5.74) is -0.775. The smallest absolute Gasteiger partial charge is 0.416 e. The number of rotatable bonds is 5. The van der Waals surface area contributed by atoms with Crippen molar-refractivity contribution in [3.8, 4) is 5.75 Å². The summed E-state index contributed by atoms with van der Waals surface area (Å²) in [6.45, 7) is 1.95. The van der Waals surface area contributed by atoms with E-state index in [1.807, 2.05) is 0 Å². The number of hydrogen-bond donors (Lipinski definition) is 1. The summed E-state index contributed by atoms with van der Waals surface area (Å²) in [5.74, 6) is -1.06. The van der Waals surface area contributed by atoms with Crippen molar-refractivity contribution in [3.05, 3.63) is 40.3 Å². The van der Waals surface area contributed by atoms with E-state index in [2.05, 4.69) is 20.3 Å². The molecule has 11 heteroatoms. The molecule has 0 radical (unpaired) electrons. The third-order valence-corrected chi connectivity index (χ3v) is 3.98. The number of ether oxygens (including phenoxy) is 2. The van der Waals surface area contributed by atoms with Crippen LogP contribution >= 0.6 is 11.8 Å². The summed E-state index contributed by atoms with van der Waals surface area (Å²) in [7, 11) is 1.17. The predicted molar refractivity (Wildman–Crippen MR) is 93.5 cm³/mol. The summed E-state index contributed by atoms with van der Waals surface area (Å²) >= 11 is 0.844. The van der Waals surface area contributed by atoms with Crippen LogP contribution in [-0.2, 0) is 20.5 Å². The molecule has 0 unspecified atom stereocenters. The van der Waals surface area contributed by atoms with E-state index in [0.717, 1.165) is 36.2 Å². The Balaban J connectivity index is 2.22. The first kappa shape index (κ1) is 20.5. The summed E-state index contributed by atoms with van der Waals surface area (Å²) in [4.78, 5) is 22.9. The molecule has 0 atom stereocenters. The van der Waals surface area contributed by atoms with Gasteiger partial charge in [0.2, 0.25) is 0 Å². The number of amides is 1. The van der Waals surface area contributed by atoms with Crippen molar-refractivity contribution in [1.29, 1.82) is 0 Å². The number of hydrogen-bond acceptors (Lipinski definition) is 7. The highest BCUT2D eigenvalue weighted by Gasteiger charge is 2.31. The number of carbonyl (C=O) groups excluding carboxylic acids is 2. The Morgan fingerprint density at radius 3 is 2.74 bits per heavy atom. The van der Waals surface area contributed by atoms with Crippen LogP contribution in [0.25, 0.3) is 0 Å². The van der Waals surface area contributed by atoms with Gasteiger partial charge in [-0.3, -0.25) is 10.1 Å². The predicted octanol–water partition coefficient (Wildman–Crippen LogP) is 2.71. The van der Waals surface area contributed by atoms with Crippen molar-refractivity contribution < 1.29 is 32.2 Å². The van der Waals surface area contributed by atoms with Gasteiger partial charge in [0.15, 0.2) is 5.17 Å². The molecule has 1 saturated heterocycles. The van der Waals surface area contributed by atoms with E-state index in [9.17, 15) is 22.8 Å². The van der Waals surface area contributed by atoms with Crippen molar-refractivity contribution in [2.24, 2.45) is 10.2 Å². The molecular formula is C16H14F3N3O4S. The van der Waals surface area contributed by atoms with E-state index in [1.54, 1.807) is 6.92 Å². The first-order valence-corrected chi connectivity index (χ1v) is 8.30. The zero-order chi connectivity index (χ0) is 20.0. The quantitative estimate of drug-likeness (QED) is 0.355. The topological polar surface area (TPSA) is 89.4 Å². The molecule has 1 aliphatic rings. The minimum Gasteiger partial charge on any atom is -0.493 e. The van der Waals surface area contributed by atoms with Gasteiger partial charge in [0.05, 0.1) is 30.4 Å². The van der Waals surface area contributed by atoms with E-state index in [4.69, 9.17) is 4.74 Å². The van der Waals surface area contributed by atoms with E-state index >= 15 is 0 Å². The number of amidine groups is 1. The molecule has 0 aliphatic carbocycles. The van der Waals surface area contributed by atoms with Crippen LogP contribution in [0.3, 0.4) is 0 Å². The molecule has 0 saturated carbocycles. The largest absolute Gasteiger partial charge is 0.493 e. The molecule has 1 N–H and O–H groups in total. The van der Waals surface area contributed by atoms with Crippen LogP contribution in [0.15, 0.2) is 39.4 Å². The second-order valence-corrected chi connectivity index (χ2v) is 5.95. The second kappa shape index (κ2) is 8.71. The van der Waals surface area contributed by atoms with Gasteiger partial charge in [0.25, 0.3) is 5.91 Å². The number of esters is 1. The highest BCUT2D eigenvalue weighted by molar-refractivity contribution is 8.18. The number of nitrogens with one attached hydrogen (secondary N) is 1. The summed E-state index contributed by atoms with van der Waals surface area (Å²) < 4.78 is 48.3. The van der Waals surface area contributed by atoms with Crippen LogP contribution in [0.4, 0.5) is 13.2 Å². The van der Waals surface area contributed by atoms with E-state index in [1.165, 1.54) is 13.2 Å². The average molecular weight is 401 g/mol. The summed E-state index contributed by atoms with van der Waals surface area (Å²) in [5, 5.41) is 9.86. The SMILES string of the molecule is CCOc1ccc(C(F)(F)F)cc1C=N/N=C1/NC(=O)/C(=C\C(=O)OC)S1. The fraction of sp³-hybridized carbons (Fsp3) is 0.250. The normalized spacial score (nSPS) is 17.6. The van der Waals surface area contributed by atoms with Gasteiger partial charge in [-0.15, -0.1) is 5.10 Å². The standard InChI is InChI=1S/C16H14F3N3O4S/c1-3-26-11-5-4-10(16(17,18)19)6-9(11)8-20-22-15-21-14(24)12(27-15)7-13(23)25-2/h4-8H,3H2,1-2H3,(H,21,22,24)/b12-7+,20-8?. The molecule has 1 fully saturated rings. The summed E-state index contributed by atoms with van der Waals surface area (Å²) in [6, 6.07) is 2.99.